The molecule has 0 saturated heterocycles. The standard InChI is InChI=1S/C9H12N2.2ClH/c10-6-7-1-2-9-8(5-7)3-4-11-9;;/h1-2,5,11H,3-4,6,10H2;2*1H. The van der Waals surface area contributed by atoms with Crippen LogP contribution in [-0.2, 0) is 13.0 Å². The molecule has 2 rings (SSSR count). The molecule has 0 radical (unpaired) electrons. The Balaban J connectivity index is 0.000000720. The minimum Gasteiger partial charge on any atom is -0.384 e. The largest absolute Gasteiger partial charge is 0.384 e. The van der Waals surface area contributed by atoms with Gasteiger partial charge in [0, 0.05) is 18.8 Å². The average Bonchev–Trinajstić information content (AvgIpc) is 2.50. The Bertz CT molecular complexity index is 276. The zero-order chi connectivity index (χ0) is 7.68. The maximum Gasteiger partial charge on any atom is 0.0373 e. The molecule has 0 aliphatic carbocycles. The molecule has 0 aromatic heterocycles. The molecule has 0 spiro atoms. The van der Waals surface area contributed by atoms with E-state index in [2.05, 4.69) is 23.5 Å². The quantitative estimate of drug-likeness (QED) is 0.760. The molecule has 1 aliphatic heterocycles. The average molecular weight is 221 g/mol. The first-order valence-corrected chi connectivity index (χ1v) is 3.96. The van der Waals surface area contributed by atoms with E-state index in [0.29, 0.717) is 6.54 Å². The molecular formula is C9H14Cl2N2. The molecule has 1 heterocycles. The molecule has 0 fully saturated rings. The maximum absolute atomic E-state index is 5.52. The minimum atomic E-state index is 0. The summed E-state index contributed by atoms with van der Waals surface area (Å²) in [5.41, 5.74) is 9.44. The van der Waals surface area contributed by atoms with Gasteiger partial charge in [-0.15, -0.1) is 24.8 Å². The molecule has 74 valence electrons. The topological polar surface area (TPSA) is 38.0 Å². The van der Waals surface area contributed by atoms with Gasteiger partial charge in [0.05, 0.1) is 0 Å². The van der Waals surface area contributed by atoms with E-state index in [9.17, 15) is 0 Å². The summed E-state index contributed by atoms with van der Waals surface area (Å²) < 4.78 is 0. The van der Waals surface area contributed by atoms with Crippen LogP contribution in [0.15, 0.2) is 18.2 Å². The highest BCUT2D eigenvalue weighted by Gasteiger charge is 2.08. The number of nitrogens with two attached hydrogens (primary N) is 1. The number of nitrogens with one attached hydrogen (secondary N) is 1. The molecule has 1 aromatic carbocycles. The first-order chi connectivity index (χ1) is 5.40. The second-order valence-electron chi connectivity index (χ2n) is 2.87. The highest BCUT2D eigenvalue weighted by molar-refractivity contribution is 5.85. The summed E-state index contributed by atoms with van der Waals surface area (Å²) in [4.78, 5) is 0. The van der Waals surface area contributed by atoms with Crippen LogP contribution < -0.4 is 11.1 Å². The van der Waals surface area contributed by atoms with Gasteiger partial charge in [-0.1, -0.05) is 12.1 Å². The van der Waals surface area contributed by atoms with Gasteiger partial charge in [-0.05, 0) is 23.6 Å². The minimum absolute atomic E-state index is 0. The van der Waals surface area contributed by atoms with Crippen molar-refractivity contribution in [2.75, 3.05) is 11.9 Å². The number of benzene rings is 1. The highest BCUT2D eigenvalue weighted by Crippen LogP contribution is 2.22. The van der Waals surface area contributed by atoms with E-state index in [1.807, 2.05) is 0 Å². The maximum atomic E-state index is 5.52. The van der Waals surface area contributed by atoms with Crippen LogP contribution in [0.3, 0.4) is 0 Å². The Kier molecular flexibility index (Phi) is 5.14. The fraction of sp³-hybridized carbons (Fsp3) is 0.333. The fourth-order valence-electron chi connectivity index (χ4n) is 1.49. The molecule has 0 bridgehead atoms. The van der Waals surface area contributed by atoms with Crippen molar-refractivity contribution in [3.05, 3.63) is 29.3 Å². The smallest absolute Gasteiger partial charge is 0.0373 e. The second kappa shape index (κ2) is 5.32. The van der Waals surface area contributed by atoms with Crippen molar-refractivity contribution in [1.29, 1.82) is 0 Å². The van der Waals surface area contributed by atoms with Gasteiger partial charge in [0.25, 0.3) is 0 Å². The van der Waals surface area contributed by atoms with Crippen LogP contribution in [0.1, 0.15) is 11.1 Å². The van der Waals surface area contributed by atoms with Crippen molar-refractivity contribution in [3.8, 4) is 0 Å². The lowest BCUT2D eigenvalue weighted by Gasteiger charge is -2.01. The van der Waals surface area contributed by atoms with Crippen LogP contribution in [-0.4, -0.2) is 6.54 Å². The summed E-state index contributed by atoms with van der Waals surface area (Å²) in [5, 5.41) is 3.31. The summed E-state index contributed by atoms with van der Waals surface area (Å²) in [6.07, 6.45) is 1.14. The molecular weight excluding hydrogens is 207 g/mol. The van der Waals surface area contributed by atoms with Crippen molar-refractivity contribution in [1.82, 2.24) is 0 Å². The van der Waals surface area contributed by atoms with E-state index in [1.165, 1.54) is 16.8 Å². The molecule has 0 unspecified atom stereocenters. The summed E-state index contributed by atoms with van der Waals surface area (Å²) in [6.45, 7) is 1.72. The molecule has 1 aromatic rings. The Labute approximate surface area is 90.7 Å². The number of hydrogen-bond acceptors (Lipinski definition) is 2. The predicted octanol–water partition coefficient (Wildman–Crippen LogP) is 1.96. The molecule has 0 atom stereocenters. The summed E-state index contributed by atoms with van der Waals surface area (Å²) in [6, 6.07) is 6.39. The van der Waals surface area contributed by atoms with E-state index in [0.717, 1.165) is 13.0 Å². The van der Waals surface area contributed by atoms with Gasteiger partial charge in [0.1, 0.15) is 0 Å². The van der Waals surface area contributed by atoms with Crippen LogP contribution in [0.25, 0.3) is 0 Å². The zero-order valence-corrected chi connectivity index (χ0v) is 8.88. The van der Waals surface area contributed by atoms with Gasteiger partial charge in [-0.2, -0.15) is 0 Å². The Morgan fingerprint density at radius 2 is 2.08 bits per heavy atom. The van der Waals surface area contributed by atoms with Gasteiger partial charge in [0.2, 0.25) is 0 Å². The molecule has 0 saturated carbocycles. The SMILES string of the molecule is Cl.Cl.NCc1ccc2c(c1)CCN2. The van der Waals surface area contributed by atoms with Crippen LogP contribution >= 0.6 is 24.8 Å². The lowest BCUT2D eigenvalue weighted by atomic mass is 10.1. The number of hydrogen-bond donors (Lipinski definition) is 2. The molecule has 13 heavy (non-hydrogen) atoms. The summed E-state index contributed by atoms with van der Waals surface area (Å²) in [5.74, 6) is 0. The monoisotopic (exact) mass is 220 g/mol. The number of halogens is 2. The molecule has 1 aliphatic rings. The zero-order valence-electron chi connectivity index (χ0n) is 7.25. The summed E-state index contributed by atoms with van der Waals surface area (Å²) in [7, 11) is 0. The van der Waals surface area contributed by atoms with E-state index >= 15 is 0 Å². The van der Waals surface area contributed by atoms with Crippen molar-refractivity contribution < 1.29 is 0 Å². The Morgan fingerprint density at radius 1 is 1.31 bits per heavy atom. The normalized spacial score (nSPS) is 12.1. The number of anilines is 1. The van der Waals surface area contributed by atoms with Crippen molar-refractivity contribution in [3.63, 3.8) is 0 Å². The van der Waals surface area contributed by atoms with E-state index < -0.39 is 0 Å². The summed E-state index contributed by atoms with van der Waals surface area (Å²) >= 11 is 0. The van der Waals surface area contributed by atoms with Crippen LogP contribution in [0, 0.1) is 0 Å². The second-order valence-corrected chi connectivity index (χ2v) is 2.87. The van der Waals surface area contributed by atoms with Crippen molar-refractivity contribution >= 4 is 30.5 Å². The third kappa shape index (κ3) is 2.50. The third-order valence-electron chi connectivity index (χ3n) is 2.12. The van der Waals surface area contributed by atoms with Gasteiger partial charge < -0.3 is 11.1 Å². The van der Waals surface area contributed by atoms with E-state index in [-0.39, 0.29) is 24.8 Å². The number of fused-ring (bicyclic) bond motifs is 1. The van der Waals surface area contributed by atoms with Gasteiger partial charge in [-0.3, -0.25) is 0 Å². The van der Waals surface area contributed by atoms with Crippen molar-refractivity contribution in [2.24, 2.45) is 5.73 Å². The van der Waals surface area contributed by atoms with Crippen LogP contribution in [0.4, 0.5) is 5.69 Å². The van der Waals surface area contributed by atoms with E-state index in [1.54, 1.807) is 0 Å². The number of rotatable bonds is 1. The molecule has 0 amide bonds. The fourth-order valence-corrected chi connectivity index (χ4v) is 1.49. The van der Waals surface area contributed by atoms with E-state index in [4.69, 9.17) is 5.73 Å². The van der Waals surface area contributed by atoms with Gasteiger partial charge in [-0.25, -0.2) is 0 Å². The van der Waals surface area contributed by atoms with Gasteiger partial charge in [0.15, 0.2) is 0 Å². The highest BCUT2D eigenvalue weighted by atomic mass is 35.5. The first kappa shape index (κ1) is 12.6. The lowest BCUT2D eigenvalue weighted by molar-refractivity contribution is 1.05. The van der Waals surface area contributed by atoms with Crippen LogP contribution in [0.5, 0.6) is 0 Å². The molecule has 3 N–H and O–H groups in total. The first-order valence-electron chi connectivity index (χ1n) is 3.96. The van der Waals surface area contributed by atoms with Crippen molar-refractivity contribution in [2.45, 2.75) is 13.0 Å². The molecule has 4 heteroatoms. The molecule has 2 nitrogen and oxygen atoms in total. The Hall–Kier alpha value is -0.440. The predicted molar refractivity (Wildman–Crippen MR) is 61.0 cm³/mol. The Morgan fingerprint density at radius 3 is 2.77 bits per heavy atom. The third-order valence-corrected chi connectivity index (χ3v) is 2.12. The lowest BCUT2D eigenvalue weighted by Crippen LogP contribution is -1.96. The van der Waals surface area contributed by atoms with Crippen LogP contribution in [0.2, 0.25) is 0 Å². The van der Waals surface area contributed by atoms with Gasteiger partial charge >= 0.3 is 0 Å².